The lowest BCUT2D eigenvalue weighted by molar-refractivity contribution is 0.292. The van der Waals surface area contributed by atoms with Crippen molar-refractivity contribution in [3.8, 4) is 6.01 Å². The monoisotopic (exact) mass is 192 g/mol. The molecule has 0 radical (unpaired) electrons. The van der Waals surface area contributed by atoms with E-state index >= 15 is 0 Å². The lowest BCUT2D eigenvalue weighted by atomic mass is 10.4. The fraction of sp³-hybridized carbons (Fsp3) is 0.400. The highest BCUT2D eigenvalue weighted by atomic mass is 16.5. The fourth-order valence-electron chi connectivity index (χ4n) is 1.20. The smallest absolute Gasteiger partial charge is 0.319 e. The Morgan fingerprint density at radius 3 is 3.14 bits per heavy atom. The van der Waals surface area contributed by atoms with Gasteiger partial charge in [-0.15, -0.1) is 0 Å². The van der Waals surface area contributed by atoms with E-state index in [1.54, 1.807) is 6.20 Å². The van der Waals surface area contributed by atoms with Gasteiger partial charge in [-0.2, -0.15) is 4.98 Å². The lowest BCUT2D eigenvalue weighted by Crippen LogP contribution is -1.98. The maximum absolute atomic E-state index is 5.36. The van der Waals surface area contributed by atoms with Crippen molar-refractivity contribution in [1.29, 1.82) is 0 Å². The highest BCUT2D eigenvalue weighted by Gasteiger charge is 2.04. The average Bonchev–Trinajstić information content (AvgIpc) is 2.54. The van der Waals surface area contributed by atoms with Gasteiger partial charge in [-0.05, 0) is 19.4 Å². The van der Waals surface area contributed by atoms with E-state index in [0.717, 1.165) is 17.6 Å². The summed E-state index contributed by atoms with van der Waals surface area (Å²) in [6, 6.07) is 2.28. The van der Waals surface area contributed by atoms with Gasteiger partial charge in [-0.1, -0.05) is 6.92 Å². The largest absolute Gasteiger partial charge is 0.463 e. The van der Waals surface area contributed by atoms with Gasteiger partial charge < -0.3 is 9.15 Å². The molecule has 0 saturated heterocycles. The third kappa shape index (κ3) is 1.69. The molecule has 0 spiro atoms. The van der Waals surface area contributed by atoms with E-state index in [9.17, 15) is 0 Å². The summed E-state index contributed by atoms with van der Waals surface area (Å²) in [7, 11) is 0. The minimum Gasteiger partial charge on any atom is -0.463 e. The molecule has 2 rings (SSSR count). The van der Waals surface area contributed by atoms with Gasteiger partial charge in [0.05, 0.1) is 12.0 Å². The van der Waals surface area contributed by atoms with Gasteiger partial charge in [0.25, 0.3) is 0 Å². The average molecular weight is 192 g/mol. The molecule has 0 atom stereocenters. The molecular weight excluding hydrogens is 180 g/mol. The Morgan fingerprint density at radius 1 is 1.50 bits per heavy atom. The summed E-state index contributed by atoms with van der Waals surface area (Å²) in [4.78, 5) is 8.20. The minimum absolute atomic E-state index is 0.383. The van der Waals surface area contributed by atoms with Crippen LogP contribution in [0.4, 0.5) is 0 Å². The van der Waals surface area contributed by atoms with E-state index in [4.69, 9.17) is 9.15 Å². The van der Waals surface area contributed by atoms with E-state index in [1.165, 1.54) is 0 Å². The maximum Gasteiger partial charge on any atom is 0.319 e. The summed E-state index contributed by atoms with van der Waals surface area (Å²) < 4.78 is 10.6. The van der Waals surface area contributed by atoms with Crippen LogP contribution in [0.5, 0.6) is 6.01 Å². The number of aryl methyl sites for hydroxylation is 1. The van der Waals surface area contributed by atoms with Gasteiger partial charge in [0.1, 0.15) is 5.76 Å². The number of hydrogen-bond donors (Lipinski definition) is 0. The minimum atomic E-state index is 0.383. The van der Waals surface area contributed by atoms with Crippen molar-refractivity contribution >= 4 is 11.1 Å². The molecule has 0 amide bonds. The third-order valence-corrected chi connectivity index (χ3v) is 1.81. The molecule has 0 aliphatic carbocycles. The van der Waals surface area contributed by atoms with Crippen LogP contribution in [0.3, 0.4) is 0 Å². The molecule has 0 N–H and O–H groups in total. The van der Waals surface area contributed by atoms with E-state index in [1.807, 2.05) is 19.9 Å². The molecule has 4 nitrogen and oxygen atoms in total. The zero-order valence-electron chi connectivity index (χ0n) is 8.28. The van der Waals surface area contributed by atoms with Crippen LogP contribution in [0.25, 0.3) is 11.1 Å². The summed E-state index contributed by atoms with van der Waals surface area (Å²) in [6.07, 6.45) is 2.66. The van der Waals surface area contributed by atoms with Crippen LogP contribution in [0, 0.1) is 6.92 Å². The Balaban J connectivity index is 2.31. The molecule has 74 valence electrons. The number of nitrogens with zero attached hydrogens (tertiary/aromatic N) is 2. The molecule has 2 heterocycles. The first-order valence-electron chi connectivity index (χ1n) is 4.65. The topological polar surface area (TPSA) is 48.2 Å². The van der Waals surface area contributed by atoms with Crippen LogP contribution in [-0.2, 0) is 0 Å². The highest BCUT2D eigenvalue weighted by molar-refractivity contribution is 5.72. The Kier molecular flexibility index (Phi) is 2.35. The summed E-state index contributed by atoms with van der Waals surface area (Å²) in [5.74, 6) is 0.835. The standard InChI is InChI=1S/C10H12N2O2/c1-3-4-13-10-11-6-8-5-7(2)14-9(8)12-10/h5-6H,3-4H2,1-2H3. The molecule has 0 aliphatic heterocycles. The zero-order chi connectivity index (χ0) is 9.97. The Labute approximate surface area is 81.9 Å². The van der Waals surface area contributed by atoms with Gasteiger partial charge in [-0.3, -0.25) is 0 Å². The molecule has 0 aromatic carbocycles. The molecule has 14 heavy (non-hydrogen) atoms. The van der Waals surface area contributed by atoms with Crippen molar-refractivity contribution in [2.24, 2.45) is 0 Å². The second-order valence-corrected chi connectivity index (χ2v) is 3.12. The van der Waals surface area contributed by atoms with Crippen molar-refractivity contribution in [1.82, 2.24) is 9.97 Å². The van der Waals surface area contributed by atoms with Crippen LogP contribution in [0.2, 0.25) is 0 Å². The van der Waals surface area contributed by atoms with Crippen LogP contribution < -0.4 is 4.74 Å². The molecule has 0 unspecified atom stereocenters. The first-order valence-corrected chi connectivity index (χ1v) is 4.65. The predicted octanol–water partition coefficient (Wildman–Crippen LogP) is 2.32. The lowest BCUT2D eigenvalue weighted by Gasteiger charge is -1.99. The molecular formula is C10H12N2O2. The van der Waals surface area contributed by atoms with Gasteiger partial charge in [0, 0.05) is 6.20 Å². The van der Waals surface area contributed by atoms with E-state index in [-0.39, 0.29) is 0 Å². The predicted molar refractivity (Wildman–Crippen MR) is 52.3 cm³/mol. The van der Waals surface area contributed by atoms with Crippen molar-refractivity contribution in [3.05, 3.63) is 18.0 Å². The molecule has 0 aliphatic rings. The van der Waals surface area contributed by atoms with Crippen LogP contribution in [0.15, 0.2) is 16.7 Å². The number of hydrogen-bond acceptors (Lipinski definition) is 4. The van der Waals surface area contributed by atoms with E-state index in [2.05, 4.69) is 9.97 Å². The Hall–Kier alpha value is -1.58. The van der Waals surface area contributed by atoms with Crippen LogP contribution >= 0.6 is 0 Å². The Morgan fingerprint density at radius 2 is 2.36 bits per heavy atom. The quantitative estimate of drug-likeness (QED) is 0.748. The third-order valence-electron chi connectivity index (χ3n) is 1.81. The van der Waals surface area contributed by atoms with Gasteiger partial charge in [0.15, 0.2) is 0 Å². The van der Waals surface area contributed by atoms with Crippen molar-refractivity contribution in [2.75, 3.05) is 6.61 Å². The summed E-state index contributed by atoms with van der Waals surface area (Å²) in [5.41, 5.74) is 0.587. The summed E-state index contributed by atoms with van der Waals surface area (Å²) >= 11 is 0. The summed E-state index contributed by atoms with van der Waals surface area (Å²) in [5, 5.41) is 0.909. The van der Waals surface area contributed by atoms with Crippen LogP contribution in [-0.4, -0.2) is 16.6 Å². The Bertz CT molecular complexity index is 437. The first kappa shape index (κ1) is 8.99. The van der Waals surface area contributed by atoms with Crippen LogP contribution in [0.1, 0.15) is 19.1 Å². The SMILES string of the molecule is CCCOc1ncc2cc(C)oc2n1. The van der Waals surface area contributed by atoms with E-state index < -0.39 is 0 Å². The number of fused-ring (bicyclic) bond motifs is 1. The van der Waals surface area contributed by atoms with Crippen molar-refractivity contribution in [2.45, 2.75) is 20.3 Å². The van der Waals surface area contributed by atoms with Gasteiger partial charge in [-0.25, -0.2) is 4.98 Å². The molecule has 0 fully saturated rings. The molecule has 4 heteroatoms. The number of rotatable bonds is 3. The number of aromatic nitrogens is 2. The van der Waals surface area contributed by atoms with E-state index in [0.29, 0.717) is 18.3 Å². The maximum atomic E-state index is 5.36. The first-order chi connectivity index (χ1) is 6.79. The van der Waals surface area contributed by atoms with Gasteiger partial charge in [0.2, 0.25) is 5.71 Å². The fourth-order valence-corrected chi connectivity index (χ4v) is 1.20. The zero-order valence-corrected chi connectivity index (χ0v) is 8.28. The molecule has 0 bridgehead atoms. The second kappa shape index (κ2) is 3.65. The summed E-state index contributed by atoms with van der Waals surface area (Å²) in [6.45, 7) is 4.55. The number of ether oxygens (including phenoxy) is 1. The van der Waals surface area contributed by atoms with Crippen molar-refractivity contribution < 1.29 is 9.15 Å². The highest BCUT2D eigenvalue weighted by Crippen LogP contribution is 2.17. The van der Waals surface area contributed by atoms with Crippen molar-refractivity contribution in [3.63, 3.8) is 0 Å². The molecule has 2 aromatic rings. The normalized spacial score (nSPS) is 10.7. The second-order valence-electron chi connectivity index (χ2n) is 3.12. The molecule has 2 aromatic heterocycles. The molecule has 0 saturated carbocycles. The number of furan rings is 1. The van der Waals surface area contributed by atoms with Gasteiger partial charge >= 0.3 is 6.01 Å².